The zero-order chi connectivity index (χ0) is 11.7. The summed E-state index contributed by atoms with van der Waals surface area (Å²) in [6, 6.07) is 3.73. The topological polar surface area (TPSA) is 50.7 Å². The second kappa shape index (κ2) is 4.00. The van der Waals surface area contributed by atoms with Crippen LogP contribution in [0.4, 0.5) is 8.78 Å². The highest BCUT2D eigenvalue weighted by Crippen LogP contribution is 2.21. The average Bonchev–Trinajstić information content (AvgIpc) is 2.20. The Kier molecular flexibility index (Phi) is 2.68. The summed E-state index contributed by atoms with van der Waals surface area (Å²) in [6.45, 7) is 1.81. The summed E-state index contributed by atoms with van der Waals surface area (Å²) in [5, 5.41) is 7.45. The molecule has 1 aliphatic heterocycles. The van der Waals surface area contributed by atoms with E-state index in [1.54, 1.807) is 0 Å². The smallest absolute Gasteiger partial charge is 0.135 e. The highest BCUT2D eigenvalue weighted by Gasteiger charge is 2.23. The molecule has 0 aromatic heterocycles. The summed E-state index contributed by atoms with van der Waals surface area (Å²) in [7, 11) is 0. The Labute approximate surface area is 91.7 Å². The second-order valence-electron chi connectivity index (χ2n) is 3.78. The minimum absolute atomic E-state index is 0.105. The molecule has 84 valence electrons. The highest BCUT2D eigenvalue weighted by atomic mass is 19.1. The molecule has 0 bridgehead atoms. The third kappa shape index (κ3) is 1.80. The van der Waals surface area contributed by atoms with E-state index in [1.165, 1.54) is 18.2 Å². The number of nitrogens with zero attached hydrogens (tertiary/aromatic N) is 2. The van der Waals surface area contributed by atoms with Crippen molar-refractivity contribution in [2.75, 3.05) is 0 Å². The fourth-order valence-corrected chi connectivity index (χ4v) is 1.71. The predicted octanol–water partition coefficient (Wildman–Crippen LogP) is 2.07. The van der Waals surface area contributed by atoms with Crippen molar-refractivity contribution in [2.24, 2.45) is 21.9 Å². The van der Waals surface area contributed by atoms with Crippen LogP contribution in [-0.2, 0) is 0 Å². The molecule has 1 unspecified atom stereocenters. The summed E-state index contributed by atoms with van der Waals surface area (Å²) in [4.78, 5) is 0. The number of benzene rings is 1. The Morgan fingerprint density at radius 2 is 1.88 bits per heavy atom. The van der Waals surface area contributed by atoms with Gasteiger partial charge in [-0.15, -0.1) is 5.10 Å². The number of amidine groups is 1. The highest BCUT2D eigenvalue weighted by molar-refractivity contribution is 6.05. The molecule has 3 nitrogen and oxygen atoms in total. The van der Waals surface area contributed by atoms with E-state index in [2.05, 4.69) is 10.2 Å². The number of hydrogen-bond donors (Lipinski definition) is 1. The maximum Gasteiger partial charge on any atom is 0.135 e. The van der Waals surface area contributed by atoms with Gasteiger partial charge in [-0.2, -0.15) is 5.10 Å². The van der Waals surface area contributed by atoms with E-state index < -0.39 is 11.6 Å². The van der Waals surface area contributed by atoms with Crippen LogP contribution in [0, 0.1) is 17.6 Å². The first-order chi connectivity index (χ1) is 7.59. The van der Waals surface area contributed by atoms with Crippen molar-refractivity contribution in [2.45, 2.75) is 13.3 Å². The van der Waals surface area contributed by atoms with Gasteiger partial charge in [-0.1, -0.05) is 13.0 Å². The quantitative estimate of drug-likeness (QED) is 0.778. The summed E-state index contributed by atoms with van der Waals surface area (Å²) in [6.07, 6.45) is 0.465. The Morgan fingerprint density at radius 3 is 2.44 bits per heavy atom. The largest absolute Gasteiger partial charge is 0.386 e. The minimum Gasteiger partial charge on any atom is -0.386 e. The van der Waals surface area contributed by atoms with Crippen molar-refractivity contribution in [1.82, 2.24) is 0 Å². The Bertz CT molecular complexity index is 460. The van der Waals surface area contributed by atoms with Crippen molar-refractivity contribution < 1.29 is 8.78 Å². The van der Waals surface area contributed by atoms with E-state index in [0.29, 0.717) is 18.0 Å². The SMILES string of the molecule is CC1CC(N)=NN=C1c1c(F)cccc1F. The molecule has 1 atom stereocenters. The molecule has 2 N–H and O–H groups in total. The molecule has 0 saturated carbocycles. The second-order valence-corrected chi connectivity index (χ2v) is 3.78. The molecular formula is C11H11F2N3. The van der Waals surface area contributed by atoms with Gasteiger partial charge in [-0.05, 0) is 12.1 Å². The van der Waals surface area contributed by atoms with Gasteiger partial charge in [0.1, 0.15) is 17.5 Å². The molecule has 0 radical (unpaired) electrons. The van der Waals surface area contributed by atoms with Crippen LogP contribution < -0.4 is 5.73 Å². The van der Waals surface area contributed by atoms with Gasteiger partial charge in [-0.25, -0.2) is 8.78 Å². The van der Waals surface area contributed by atoms with Gasteiger partial charge in [0.15, 0.2) is 0 Å². The van der Waals surface area contributed by atoms with Crippen molar-refractivity contribution in [3.05, 3.63) is 35.4 Å². The van der Waals surface area contributed by atoms with E-state index in [-0.39, 0.29) is 11.5 Å². The van der Waals surface area contributed by atoms with Gasteiger partial charge in [0, 0.05) is 12.3 Å². The van der Waals surface area contributed by atoms with Crippen molar-refractivity contribution in [3.63, 3.8) is 0 Å². The first-order valence-electron chi connectivity index (χ1n) is 4.94. The Morgan fingerprint density at radius 1 is 1.25 bits per heavy atom. The van der Waals surface area contributed by atoms with E-state index in [4.69, 9.17) is 5.73 Å². The standard InChI is InChI=1S/C11H11F2N3/c1-6-5-9(14)15-16-11(6)10-7(12)3-2-4-8(10)13/h2-4,6H,5H2,1H3,(H2,14,15). The molecule has 5 heteroatoms. The zero-order valence-corrected chi connectivity index (χ0v) is 8.74. The van der Waals surface area contributed by atoms with Crippen molar-refractivity contribution >= 4 is 11.5 Å². The number of hydrogen-bond acceptors (Lipinski definition) is 3. The molecule has 0 saturated heterocycles. The predicted molar refractivity (Wildman–Crippen MR) is 58.3 cm³/mol. The van der Waals surface area contributed by atoms with Gasteiger partial charge >= 0.3 is 0 Å². The summed E-state index contributed by atoms with van der Waals surface area (Å²) >= 11 is 0. The van der Waals surface area contributed by atoms with Crippen LogP contribution in [-0.4, -0.2) is 11.5 Å². The van der Waals surface area contributed by atoms with Crippen LogP contribution in [0.15, 0.2) is 28.4 Å². The first kappa shape index (κ1) is 10.7. The van der Waals surface area contributed by atoms with Crippen LogP contribution in [0.2, 0.25) is 0 Å². The third-order valence-electron chi connectivity index (χ3n) is 2.49. The van der Waals surface area contributed by atoms with Gasteiger partial charge < -0.3 is 5.73 Å². The van der Waals surface area contributed by atoms with Crippen LogP contribution in [0.3, 0.4) is 0 Å². The van der Waals surface area contributed by atoms with Crippen LogP contribution in [0.25, 0.3) is 0 Å². The lowest BCUT2D eigenvalue weighted by Crippen LogP contribution is -2.26. The molecule has 2 rings (SSSR count). The molecule has 0 amide bonds. The number of nitrogens with two attached hydrogens (primary N) is 1. The van der Waals surface area contributed by atoms with Crippen LogP contribution in [0.5, 0.6) is 0 Å². The molecule has 0 aliphatic carbocycles. The van der Waals surface area contributed by atoms with Crippen molar-refractivity contribution in [3.8, 4) is 0 Å². The lowest BCUT2D eigenvalue weighted by Gasteiger charge is -2.17. The van der Waals surface area contributed by atoms with E-state index in [9.17, 15) is 8.78 Å². The number of halogens is 2. The van der Waals surface area contributed by atoms with Crippen LogP contribution >= 0.6 is 0 Å². The van der Waals surface area contributed by atoms with Gasteiger partial charge in [0.25, 0.3) is 0 Å². The van der Waals surface area contributed by atoms with Crippen LogP contribution in [0.1, 0.15) is 18.9 Å². The maximum absolute atomic E-state index is 13.5. The van der Waals surface area contributed by atoms with Gasteiger partial charge in [0.05, 0.1) is 11.3 Å². The maximum atomic E-state index is 13.5. The van der Waals surface area contributed by atoms with E-state index in [0.717, 1.165) is 0 Å². The summed E-state index contributed by atoms with van der Waals surface area (Å²) in [5.41, 5.74) is 5.70. The average molecular weight is 223 g/mol. The summed E-state index contributed by atoms with van der Waals surface area (Å²) < 4.78 is 27.0. The fraction of sp³-hybridized carbons (Fsp3) is 0.273. The molecule has 1 heterocycles. The first-order valence-corrected chi connectivity index (χ1v) is 4.94. The Hall–Kier alpha value is -1.78. The molecular weight excluding hydrogens is 212 g/mol. The molecule has 1 aromatic rings. The fourth-order valence-electron chi connectivity index (χ4n) is 1.71. The Balaban J connectivity index is 2.52. The van der Waals surface area contributed by atoms with E-state index >= 15 is 0 Å². The summed E-state index contributed by atoms with van der Waals surface area (Å²) in [5.74, 6) is -1.00. The lowest BCUT2D eigenvalue weighted by molar-refractivity contribution is 0.574. The molecule has 0 spiro atoms. The minimum atomic E-state index is -0.624. The molecule has 0 fully saturated rings. The normalized spacial score (nSPS) is 20.3. The molecule has 1 aliphatic rings. The van der Waals surface area contributed by atoms with E-state index in [1.807, 2.05) is 6.92 Å². The third-order valence-corrected chi connectivity index (χ3v) is 2.49. The zero-order valence-electron chi connectivity index (χ0n) is 8.74. The number of rotatable bonds is 1. The van der Waals surface area contributed by atoms with Gasteiger partial charge in [0.2, 0.25) is 0 Å². The molecule has 1 aromatic carbocycles. The van der Waals surface area contributed by atoms with Gasteiger partial charge in [-0.3, -0.25) is 0 Å². The molecule has 16 heavy (non-hydrogen) atoms. The lowest BCUT2D eigenvalue weighted by atomic mass is 9.93. The monoisotopic (exact) mass is 223 g/mol. The van der Waals surface area contributed by atoms with Crippen molar-refractivity contribution in [1.29, 1.82) is 0 Å².